The fourth-order valence-electron chi connectivity index (χ4n) is 2.38. The van der Waals surface area contributed by atoms with Crippen molar-refractivity contribution in [2.45, 2.75) is 19.4 Å². The summed E-state index contributed by atoms with van der Waals surface area (Å²) in [5.74, 6) is 0.528. The van der Waals surface area contributed by atoms with E-state index in [2.05, 4.69) is 27.9 Å². The molecule has 0 aliphatic carbocycles. The lowest BCUT2D eigenvalue weighted by Gasteiger charge is -2.27. The van der Waals surface area contributed by atoms with Gasteiger partial charge in [-0.1, -0.05) is 22.0 Å². The third-order valence-electron chi connectivity index (χ3n) is 3.37. The molecule has 0 unspecified atom stereocenters. The number of hydrogen-bond acceptors (Lipinski definition) is 2. The predicted molar refractivity (Wildman–Crippen MR) is 74.0 cm³/mol. The molecule has 0 bridgehead atoms. The van der Waals surface area contributed by atoms with Gasteiger partial charge in [0.15, 0.2) is 0 Å². The molecule has 4 heteroatoms. The highest BCUT2D eigenvalue weighted by atomic mass is 79.9. The van der Waals surface area contributed by atoms with Crippen LogP contribution in [0.25, 0.3) is 0 Å². The largest absolute Gasteiger partial charge is 0.381 e. The molecule has 1 aromatic rings. The number of ether oxygens (including phenoxy) is 1. The summed E-state index contributed by atoms with van der Waals surface area (Å²) >= 11 is 3.41. The molecule has 1 aliphatic rings. The first kappa shape index (κ1) is 14.0. The first-order valence-electron chi connectivity index (χ1n) is 6.35. The van der Waals surface area contributed by atoms with E-state index in [4.69, 9.17) is 4.74 Å². The van der Waals surface area contributed by atoms with E-state index in [0.717, 1.165) is 55.1 Å². The highest BCUT2D eigenvalue weighted by Gasteiger charge is 2.16. The highest BCUT2D eigenvalue weighted by Crippen LogP contribution is 2.21. The zero-order valence-corrected chi connectivity index (χ0v) is 12.2. The number of nitrogens with zero attached hydrogens (tertiary/aromatic N) is 1. The van der Waals surface area contributed by atoms with E-state index in [1.54, 1.807) is 0 Å². The van der Waals surface area contributed by atoms with Crippen molar-refractivity contribution in [3.8, 4) is 0 Å². The maximum Gasteiger partial charge on any atom is 0.124 e. The van der Waals surface area contributed by atoms with Crippen molar-refractivity contribution in [1.29, 1.82) is 0 Å². The Hall–Kier alpha value is -0.450. The highest BCUT2D eigenvalue weighted by molar-refractivity contribution is 9.10. The van der Waals surface area contributed by atoms with Gasteiger partial charge < -0.3 is 9.64 Å². The second kappa shape index (κ2) is 6.64. The van der Waals surface area contributed by atoms with Crippen LogP contribution in [0.5, 0.6) is 0 Å². The number of rotatable bonds is 4. The molecular weight excluding hydrogens is 297 g/mol. The normalized spacial score (nSPS) is 17.3. The third-order valence-corrected chi connectivity index (χ3v) is 4.10. The van der Waals surface area contributed by atoms with Crippen LogP contribution in [-0.4, -0.2) is 31.7 Å². The molecule has 0 aromatic heterocycles. The summed E-state index contributed by atoms with van der Waals surface area (Å²) in [5, 5.41) is 0. The van der Waals surface area contributed by atoms with Gasteiger partial charge in [0.1, 0.15) is 5.82 Å². The summed E-state index contributed by atoms with van der Waals surface area (Å²) < 4.78 is 19.2. The second-order valence-electron chi connectivity index (χ2n) is 4.99. The van der Waals surface area contributed by atoms with Gasteiger partial charge in [0, 0.05) is 30.8 Å². The van der Waals surface area contributed by atoms with E-state index >= 15 is 0 Å². The summed E-state index contributed by atoms with van der Waals surface area (Å²) in [4.78, 5) is 2.30. The molecule has 0 atom stereocenters. The van der Waals surface area contributed by atoms with E-state index < -0.39 is 0 Å². The van der Waals surface area contributed by atoms with Gasteiger partial charge in [0.05, 0.1) is 0 Å². The number of halogens is 2. The summed E-state index contributed by atoms with van der Waals surface area (Å²) in [6.45, 7) is 3.70. The Labute approximate surface area is 116 Å². The van der Waals surface area contributed by atoms with Gasteiger partial charge in [-0.25, -0.2) is 4.39 Å². The van der Waals surface area contributed by atoms with E-state index in [9.17, 15) is 4.39 Å². The summed E-state index contributed by atoms with van der Waals surface area (Å²) in [6.07, 6.45) is 2.30. The van der Waals surface area contributed by atoms with Gasteiger partial charge in [-0.05, 0) is 43.5 Å². The molecule has 0 amide bonds. The first-order chi connectivity index (χ1) is 8.65. The van der Waals surface area contributed by atoms with Crippen molar-refractivity contribution in [3.63, 3.8) is 0 Å². The van der Waals surface area contributed by atoms with Crippen molar-refractivity contribution in [1.82, 2.24) is 4.90 Å². The monoisotopic (exact) mass is 315 g/mol. The molecule has 1 aliphatic heterocycles. The topological polar surface area (TPSA) is 12.5 Å². The molecule has 0 saturated carbocycles. The number of benzene rings is 1. The molecule has 0 N–H and O–H groups in total. The Morgan fingerprint density at radius 2 is 2.11 bits per heavy atom. The zero-order chi connectivity index (χ0) is 13.0. The summed E-state index contributed by atoms with van der Waals surface area (Å²) in [6, 6.07) is 4.89. The Morgan fingerprint density at radius 3 is 2.78 bits per heavy atom. The Bertz CT molecular complexity index is 393. The van der Waals surface area contributed by atoms with Crippen LogP contribution in [0, 0.1) is 11.7 Å². The molecular formula is C14H19BrFNO. The van der Waals surface area contributed by atoms with Gasteiger partial charge in [-0.2, -0.15) is 0 Å². The van der Waals surface area contributed by atoms with Crippen LogP contribution < -0.4 is 0 Å². The molecule has 1 fully saturated rings. The molecule has 2 rings (SSSR count). The minimum Gasteiger partial charge on any atom is -0.381 e. The average molecular weight is 316 g/mol. The van der Waals surface area contributed by atoms with Crippen LogP contribution in [0.4, 0.5) is 4.39 Å². The van der Waals surface area contributed by atoms with Gasteiger partial charge in [-0.15, -0.1) is 0 Å². The van der Waals surface area contributed by atoms with E-state index in [-0.39, 0.29) is 5.82 Å². The fourth-order valence-corrected chi connectivity index (χ4v) is 2.85. The molecule has 1 heterocycles. The molecule has 0 radical (unpaired) electrons. The minimum atomic E-state index is -0.197. The quantitative estimate of drug-likeness (QED) is 0.844. The second-order valence-corrected chi connectivity index (χ2v) is 5.84. The van der Waals surface area contributed by atoms with E-state index in [1.165, 1.54) is 12.1 Å². The lowest BCUT2D eigenvalue weighted by Crippen LogP contribution is -2.29. The SMILES string of the molecule is CN(Cc1ccc(F)cc1Br)CC1CCOCC1. The fraction of sp³-hybridized carbons (Fsp3) is 0.571. The maximum atomic E-state index is 13.0. The van der Waals surface area contributed by atoms with E-state index in [0.29, 0.717) is 0 Å². The number of hydrogen-bond donors (Lipinski definition) is 0. The minimum absolute atomic E-state index is 0.197. The smallest absolute Gasteiger partial charge is 0.124 e. The molecule has 100 valence electrons. The van der Waals surface area contributed by atoms with Gasteiger partial charge >= 0.3 is 0 Å². The standard InChI is InChI=1S/C14H19BrFNO/c1-17(9-11-4-6-18-7-5-11)10-12-2-3-13(16)8-14(12)15/h2-3,8,11H,4-7,9-10H2,1H3. The summed E-state index contributed by atoms with van der Waals surface area (Å²) in [5.41, 5.74) is 1.13. The molecule has 18 heavy (non-hydrogen) atoms. The zero-order valence-electron chi connectivity index (χ0n) is 10.7. The van der Waals surface area contributed by atoms with E-state index in [1.807, 2.05) is 6.07 Å². The Morgan fingerprint density at radius 1 is 1.39 bits per heavy atom. The average Bonchev–Trinajstić information content (AvgIpc) is 2.34. The Kier molecular flexibility index (Phi) is 5.15. The molecule has 1 saturated heterocycles. The van der Waals surface area contributed by atoms with Crippen LogP contribution in [-0.2, 0) is 11.3 Å². The van der Waals surface area contributed by atoms with Crippen molar-refractivity contribution in [2.75, 3.05) is 26.8 Å². The van der Waals surface area contributed by atoms with Gasteiger partial charge in [0.25, 0.3) is 0 Å². The van der Waals surface area contributed by atoms with Gasteiger partial charge in [0.2, 0.25) is 0 Å². The van der Waals surface area contributed by atoms with Crippen LogP contribution in [0.1, 0.15) is 18.4 Å². The van der Waals surface area contributed by atoms with Crippen molar-refractivity contribution < 1.29 is 9.13 Å². The van der Waals surface area contributed by atoms with Crippen molar-refractivity contribution in [2.24, 2.45) is 5.92 Å². The third kappa shape index (κ3) is 4.04. The molecule has 2 nitrogen and oxygen atoms in total. The maximum absolute atomic E-state index is 13.0. The molecule has 1 aromatic carbocycles. The van der Waals surface area contributed by atoms with Crippen LogP contribution in [0.3, 0.4) is 0 Å². The first-order valence-corrected chi connectivity index (χ1v) is 7.14. The van der Waals surface area contributed by atoms with Crippen molar-refractivity contribution >= 4 is 15.9 Å². The molecule has 0 spiro atoms. The van der Waals surface area contributed by atoms with Crippen LogP contribution >= 0.6 is 15.9 Å². The summed E-state index contributed by atoms with van der Waals surface area (Å²) in [7, 11) is 2.12. The van der Waals surface area contributed by atoms with Crippen LogP contribution in [0.2, 0.25) is 0 Å². The lowest BCUT2D eigenvalue weighted by molar-refractivity contribution is 0.0549. The lowest BCUT2D eigenvalue weighted by atomic mass is 10.00. The van der Waals surface area contributed by atoms with Crippen LogP contribution in [0.15, 0.2) is 22.7 Å². The van der Waals surface area contributed by atoms with Gasteiger partial charge in [-0.3, -0.25) is 0 Å². The predicted octanol–water partition coefficient (Wildman–Crippen LogP) is 3.45. The van der Waals surface area contributed by atoms with Crippen molar-refractivity contribution in [3.05, 3.63) is 34.1 Å². The Balaban J connectivity index is 1.87.